The predicted molar refractivity (Wildman–Crippen MR) is 81.6 cm³/mol. The van der Waals surface area contributed by atoms with E-state index in [1.54, 1.807) is 17.3 Å². The lowest BCUT2D eigenvalue weighted by Crippen LogP contribution is -2.47. The van der Waals surface area contributed by atoms with Crippen LogP contribution in [0, 0.1) is 0 Å². The van der Waals surface area contributed by atoms with Crippen molar-refractivity contribution < 1.29 is 9.53 Å². The van der Waals surface area contributed by atoms with Crippen molar-refractivity contribution in [1.29, 1.82) is 0 Å². The van der Waals surface area contributed by atoms with Gasteiger partial charge in [0.1, 0.15) is 5.69 Å². The minimum Gasteiger partial charge on any atom is -0.375 e. The number of amides is 2. The Morgan fingerprint density at radius 3 is 3.00 bits per heavy atom. The quantitative estimate of drug-likeness (QED) is 0.922. The Bertz CT molecular complexity index is 539. The number of rotatable bonds is 4. The number of aromatic nitrogens is 1. The molecule has 1 aliphatic rings. The maximum Gasteiger partial charge on any atom is 0.322 e. The number of pyridine rings is 1. The molecule has 1 N–H and O–H groups in total. The summed E-state index contributed by atoms with van der Waals surface area (Å²) in [6.07, 6.45) is 5.45. The van der Waals surface area contributed by atoms with Gasteiger partial charge in [-0.1, -0.05) is 13.3 Å². The van der Waals surface area contributed by atoms with Crippen molar-refractivity contribution in [3.63, 3.8) is 0 Å². The Kier molecular flexibility index (Phi) is 5.38. The van der Waals surface area contributed by atoms with Crippen molar-refractivity contribution >= 4 is 11.7 Å². The molecule has 6 nitrogen and oxygen atoms in total. The van der Waals surface area contributed by atoms with Gasteiger partial charge in [-0.3, -0.25) is 4.79 Å². The summed E-state index contributed by atoms with van der Waals surface area (Å²) in [4.78, 5) is 25.8. The summed E-state index contributed by atoms with van der Waals surface area (Å²) >= 11 is 0. The highest BCUT2D eigenvalue weighted by molar-refractivity contribution is 5.89. The number of urea groups is 1. The van der Waals surface area contributed by atoms with Crippen molar-refractivity contribution in [3.05, 3.63) is 28.7 Å². The number of nitrogens with one attached hydrogen (secondary N) is 1. The van der Waals surface area contributed by atoms with Crippen LogP contribution in [0.25, 0.3) is 0 Å². The Balaban J connectivity index is 2.02. The maximum atomic E-state index is 12.3. The Labute approximate surface area is 124 Å². The van der Waals surface area contributed by atoms with Crippen molar-refractivity contribution in [2.45, 2.75) is 39.3 Å². The molecule has 0 unspecified atom stereocenters. The molecule has 1 aliphatic heterocycles. The molecule has 6 heteroatoms. The third-order valence-electron chi connectivity index (χ3n) is 3.62. The normalized spacial score (nSPS) is 18.6. The van der Waals surface area contributed by atoms with E-state index in [4.69, 9.17) is 4.74 Å². The van der Waals surface area contributed by atoms with Crippen LogP contribution in [0.15, 0.2) is 23.3 Å². The molecule has 1 fully saturated rings. The van der Waals surface area contributed by atoms with E-state index >= 15 is 0 Å². The minimum absolute atomic E-state index is 0.0950. The topological polar surface area (TPSA) is 63.6 Å². The number of aryl methyl sites for hydroxylation is 1. The summed E-state index contributed by atoms with van der Waals surface area (Å²) in [6, 6.07) is 1.24. The highest BCUT2D eigenvalue weighted by atomic mass is 16.5. The van der Waals surface area contributed by atoms with Gasteiger partial charge < -0.3 is 19.5 Å². The van der Waals surface area contributed by atoms with Gasteiger partial charge in [0.15, 0.2) is 0 Å². The van der Waals surface area contributed by atoms with Gasteiger partial charge >= 0.3 is 6.03 Å². The molecule has 1 aromatic heterocycles. The number of nitrogens with zero attached hydrogens (tertiary/aromatic N) is 2. The van der Waals surface area contributed by atoms with Crippen LogP contribution in [0.1, 0.15) is 26.7 Å². The van der Waals surface area contributed by atoms with Gasteiger partial charge in [0, 0.05) is 38.1 Å². The van der Waals surface area contributed by atoms with Gasteiger partial charge in [0.25, 0.3) is 0 Å². The maximum absolute atomic E-state index is 12.3. The van der Waals surface area contributed by atoms with E-state index in [1.165, 1.54) is 6.07 Å². The predicted octanol–water partition coefficient (Wildman–Crippen LogP) is 1.90. The molecule has 0 aromatic carbocycles. The molecule has 116 valence electrons. The summed E-state index contributed by atoms with van der Waals surface area (Å²) < 4.78 is 7.48. The molecule has 2 amide bonds. The van der Waals surface area contributed by atoms with Gasteiger partial charge in [0.2, 0.25) is 5.43 Å². The highest BCUT2D eigenvalue weighted by Crippen LogP contribution is 2.11. The van der Waals surface area contributed by atoms with Crippen molar-refractivity contribution in [3.8, 4) is 0 Å². The number of hydrogen-bond donors (Lipinski definition) is 1. The number of ether oxygens (including phenoxy) is 1. The lowest BCUT2D eigenvalue weighted by molar-refractivity contribution is -0.0162. The van der Waals surface area contributed by atoms with E-state index in [2.05, 4.69) is 12.2 Å². The second kappa shape index (κ2) is 7.26. The van der Waals surface area contributed by atoms with E-state index in [0.717, 1.165) is 19.4 Å². The molecular weight excluding hydrogens is 270 g/mol. The van der Waals surface area contributed by atoms with Crippen LogP contribution < -0.4 is 10.7 Å². The second-order valence-corrected chi connectivity index (χ2v) is 5.21. The second-order valence-electron chi connectivity index (χ2n) is 5.21. The molecule has 1 atom stereocenters. The lowest BCUT2D eigenvalue weighted by atomic mass is 10.2. The van der Waals surface area contributed by atoms with Crippen LogP contribution in [0.4, 0.5) is 10.5 Å². The number of carbonyl (C=O) groups excluding carboxylic acids is 1. The fourth-order valence-electron chi connectivity index (χ4n) is 2.41. The molecule has 0 saturated carbocycles. The number of anilines is 1. The average molecular weight is 293 g/mol. The first-order chi connectivity index (χ1) is 10.1. The zero-order valence-electron chi connectivity index (χ0n) is 12.7. The van der Waals surface area contributed by atoms with Crippen molar-refractivity contribution in [1.82, 2.24) is 9.47 Å². The summed E-state index contributed by atoms with van der Waals surface area (Å²) in [7, 11) is 0. The van der Waals surface area contributed by atoms with Crippen LogP contribution in [0.2, 0.25) is 0 Å². The van der Waals surface area contributed by atoms with Crippen LogP contribution in [0.5, 0.6) is 0 Å². The van der Waals surface area contributed by atoms with E-state index < -0.39 is 0 Å². The monoisotopic (exact) mass is 293 g/mol. The molecule has 0 radical (unpaired) electrons. The Hall–Kier alpha value is -1.82. The summed E-state index contributed by atoms with van der Waals surface area (Å²) in [5.74, 6) is 0. The smallest absolute Gasteiger partial charge is 0.322 e. The minimum atomic E-state index is -0.231. The zero-order chi connectivity index (χ0) is 15.2. The number of hydrogen-bond acceptors (Lipinski definition) is 3. The van der Waals surface area contributed by atoms with Crippen molar-refractivity contribution in [2.75, 3.05) is 25.0 Å². The third kappa shape index (κ3) is 4.07. The molecule has 1 saturated heterocycles. The number of morpholine rings is 1. The molecule has 1 aromatic rings. The van der Waals surface area contributed by atoms with Crippen LogP contribution in [-0.2, 0) is 11.3 Å². The molecule has 0 aliphatic carbocycles. The van der Waals surface area contributed by atoms with Crippen LogP contribution in [-0.4, -0.2) is 41.3 Å². The first-order valence-corrected chi connectivity index (χ1v) is 7.51. The van der Waals surface area contributed by atoms with Crippen molar-refractivity contribution in [2.24, 2.45) is 0 Å². The summed E-state index contributed by atoms with van der Waals surface area (Å²) in [6.45, 7) is 6.51. The molecular formula is C15H23N3O3. The van der Waals surface area contributed by atoms with E-state index in [0.29, 0.717) is 25.4 Å². The summed E-state index contributed by atoms with van der Waals surface area (Å²) in [5, 5.41) is 2.72. The summed E-state index contributed by atoms with van der Waals surface area (Å²) in [5.41, 5.74) is 0.148. The first kappa shape index (κ1) is 15.6. The highest BCUT2D eigenvalue weighted by Gasteiger charge is 2.24. The van der Waals surface area contributed by atoms with Gasteiger partial charge in [-0.2, -0.15) is 0 Å². The van der Waals surface area contributed by atoms with Gasteiger partial charge in [0.05, 0.1) is 12.7 Å². The number of carbonyl (C=O) groups is 1. The Morgan fingerprint density at radius 2 is 2.29 bits per heavy atom. The van der Waals surface area contributed by atoms with E-state index in [1.807, 2.05) is 11.5 Å². The van der Waals surface area contributed by atoms with E-state index in [-0.39, 0.29) is 17.6 Å². The average Bonchev–Trinajstić information content (AvgIpc) is 2.50. The SMILES string of the molecule is CCC[C@@H]1CN(C(=O)Nc2cn(CC)ccc2=O)CCO1. The molecule has 0 spiro atoms. The largest absolute Gasteiger partial charge is 0.375 e. The lowest BCUT2D eigenvalue weighted by Gasteiger charge is -2.32. The van der Waals surface area contributed by atoms with Crippen LogP contribution >= 0.6 is 0 Å². The molecule has 2 heterocycles. The third-order valence-corrected chi connectivity index (χ3v) is 3.62. The fourth-order valence-corrected chi connectivity index (χ4v) is 2.41. The van der Waals surface area contributed by atoms with Gasteiger partial charge in [-0.15, -0.1) is 0 Å². The zero-order valence-corrected chi connectivity index (χ0v) is 12.7. The molecule has 21 heavy (non-hydrogen) atoms. The molecule has 0 bridgehead atoms. The van der Waals surface area contributed by atoms with Gasteiger partial charge in [-0.05, 0) is 13.3 Å². The van der Waals surface area contributed by atoms with E-state index in [9.17, 15) is 9.59 Å². The first-order valence-electron chi connectivity index (χ1n) is 7.51. The standard InChI is InChI=1S/C15H23N3O3/c1-3-5-12-10-18(8-9-21-12)15(20)16-13-11-17(4-2)7-6-14(13)19/h6-7,11-12H,3-5,8-10H2,1-2H3,(H,16,20)/t12-/m1/s1. The molecule has 2 rings (SSSR count). The van der Waals surface area contributed by atoms with Crippen LogP contribution in [0.3, 0.4) is 0 Å². The fraction of sp³-hybridized carbons (Fsp3) is 0.600. The van der Waals surface area contributed by atoms with Gasteiger partial charge in [-0.25, -0.2) is 4.79 Å². The Morgan fingerprint density at radius 1 is 1.48 bits per heavy atom.